The quantitative estimate of drug-likeness (QED) is 0.539. The van der Waals surface area contributed by atoms with Gasteiger partial charge in [-0.05, 0) is 23.1 Å². The third-order valence-electron chi connectivity index (χ3n) is 5.76. The van der Waals surface area contributed by atoms with Crippen LogP contribution in [0.1, 0.15) is 23.1 Å². The van der Waals surface area contributed by atoms with Gasteiger partial charge in [0, 0.05) is 12.0 Å². The summed E-state index contributed by atoms with van der Waals surface area (Å²) >= 11 is 0. The first kappa shape index (κ1) is 19.0. The van der Waals surface area contributed by atoms with E-state index in [0.717, 1.165) is 12.0 Å². The molecule has 0 N–H and O–H groups in total. The summed E-state index contributed by atoms with van der Waals surface area (Å²) in [6.45, 7) is 4.83. The number of likely N-dealkylation sites (tertiary alicyclic amines) is 1. The highest BCUT2D eigenvalue weighted by Crippen LogP contribution is 2.44. The fraction of sp³-hybridized carbons (Fsp3) is 0.192. The molecule has 146 valence electrons. The van der Waals surface area contributed by atoms with Gasteiger partial charge >= 0.3 is 6.09 Å². The van der Waals surface area contributed by atoms with Gasteiger partial charge in [-0.3, -0.25) is 0 Å². The fourth-order valence-corrected chi connectivity index (χ4v) is 4.25. The van der Waals surface area contributed by atoms with Crippen LogP contribution in [0.25, 0.3) is 0 Å². The summed E-state index contributed by atoms with van der Waals surface area (Å²) in [5, 5.41) is 0. The molecule has 0 aliphatic carbocycles. The zero-order chi connectivity index (χ0) is 20.1. The molecule has 1 fully saturated rings. The van der Waals surface area contributed by atoms with Crippen molar-refractivity contribution in [2.45, 2.75) is 24.5 Å². The predicted molar refractivity (Wildman–Crippen MR) is 116 cm³/mol. The van der Waals surface area contributed by atoms with Crippen LogP contribution in [0.5, 0.6) is 0 Å². The summed E-state index contributed by atoms with van der Waals surface area (Å²) in [7, 11) is 0. The molecule has 0 saturated carbocycles. The van der Waals surface area contributed by atoms with Crippen LogP contribution >= 0.6 is 0 Å². The number of rotatable bonds is 5. The lowest BCUT2D eigenvalue weighted by Gasteiger charge is -2.30. The first-order chi connectivity index (χ1) is 14.2. The number of hydrogen-bond acceptors (Lipinski definition) is 2. The van der Waals surface area contributed by atoms with Crippen LogP contribution in [0.2, 0.25) is 0 Å². The van der Waals surface area contributed by atoms with Gasteiger partial charge in [0.05, 0.1) is 6.04 Å². The molecule has 0 bridgehead atoms. The minimum Gasteiger partial charge on any atom is -0.445 e. The Bertz CT molecular complexity index is 914. The maximum atomic E-state index is 13.0. The number of carbonyl (C=O) groups excluding carboxylic acids is 1. The highest BCUT2D eigenvalue weighted by Gasteiger charge is 2.47. The Hall–Kier alpha value is -3.33. The van der Waals surface area contributed by atoms with E-state index in [1.54, 1.807) is 0 Å². The van der Waals surface area contributed by atoms with Crippen molar-refractivity contribution in [2.24, 2.45) is 0 Å². The molecule has 3 aromatic rings. The van der Waals surface area contributed by atoms with Crippen molar-refractivity contribution in [2.75, 3.05) is 6.54 Å². The molecule has 1 atom stereocenters. The Balaban J connectivity index is 1.63. The van der Waals surface area contributed by atoms with Crippen LogP contribution in [0.15, 0.2) is 104 Å². The molecule has 1 aliphatic heterocycles. The van der Waals surface area contributed by atoms with Crippen molar-refractivity contribution in [3.05, 3.63) is 120 Å². The van der Waals surface area contributed by atoms with Gasteiger partial charge in [-0.15, -0.1) is 6.58 Å². The first-order valence-electron chi connectivity index (χ1n) is 9.94. The maximum absolute atomic E-state index is 13.0. The molecule has 1 aliphatic rings. The van der Waals surface area contributed by atoms with Crippen molar-refractivity contribution in [3.8, 4) is 0 Å². The van der Waals surface area contributed by atoms with Crippen LogP contribution in [0.4, 0.5) is 4.79 Å². The lowest BCUT2D eigenvalue weighted by Crippen LogP contribution is -2.37. The van der Waals surface area contributed by atoms with E-state index in [1.807, 2.05) is 53.4 Å². The van der Waals surface area contributed by atoms with E-state index >= 15 is 0 Å². The number of carbonyl (C=O) groups is 1. The molecule has 0 radical (unpaired) electrons. The first-order valence-corrected chi connectivity index (χ1v) is 9.94. The summed E-state index contributed by atoms with van der Waals surface area (Å²) in [5.41, 5.74) is 3.10. The summed E-state index contributed by atoms with van der Waals surface area (Å²) in [4.78, 5) is 14.8. The number of benzene rings is 3. The van der Waals surface area contributed by atoms with Gasteiger partial charge in [-0.2, -0.15) is 0 Å². The Labute approximate surface area is 172 Å². The minimum atomic E-state index is -0.299. The third-order valence-corrected chi connectivity index (χ3v) is 5.76. The predicted octanol–water partition coefficient (Wildman–Crippen LogP) is 5.57. The van der Waals surface area contributed by atoms with E-state index < -0.39 is 0 Å². The van der Waals surface area contributed by atoms with Gasteiger partial charge in [0.2, 0.25) is 0 Å². The zero-order valence-electron chi connectivity index (χ0n) is 16.4. The molecule has 29 heavy (non-hydrogen) atoms. The average molecular weight is 383 g/mol. The molecule has 3 aromatic carbocycles. The van der Waals surface area contributed by atoms with Crippen LogP contribution in [-0.4, -0.2) is 23.6 Å². The highest BCUT2D eigenvalue weighted by molar-refractivity contribution is 5.70. The normalized spacial score (nSPS) is 17.7. The summed E-state index contributed by atoms with van der Waals surface area (Å²) in [5.74, 6) is 0. The van der Waals surface area contributed by atoms with Crippen LogP contribution in [0.3, 0.4) is 0 Å². The second kappa shape index (κ2) is 8.36. The largest absolute Gasteiger partial charge is 0.445 e. The van der Waals surface area contributed by atoms with Gasteiger partial charge in [-0.25, -0.2) is 4.79 Å². The second-order valence-electron chi connectivity index (χ2n) is 7.49. The van der Waals surface area contributed by atoms with E-state index in [2.05, 4.69) is 55.1 Å². The molecular weight excluding hydrogens is 358 g/mol. The van der Waals surface area contributed by atoms with Crippen molar-refractivity contribution in [3.63, 3.8) is 0 Å². The average Bonchev–Trinajstić information content (AvgIpc) is 3.21. The lowest BCUT2D eigenvalue weighted by molar-refractivity contribution is 0.0964. The van der Waals surface area contributed by atoms with E-state index in [9.17, 15) is 4.79 Å². The number of ether oxygens (including phenoxy) is 1. The standard InChI is InChI=1S/C26H25NO2/c1-2-24-18-26(22-14-8-4-9-15-22,23-16-10-5-11-17-23)20-27(24)25(28)29-19-21-12-6-3-7-13-21/h2-17,24H,1,18-20H2/t24-/m0/s1. The topological polar surface area (TPSA) is 29.5 Å². The summed E-state index contributed by atoms with van der Waals surface area (Å²) in [6.07, 6.45) is 2.34. The summed E-state index contributed by atoms with van der Waals surface area (Å²) in [6, 6.07) is 30.5. The molecule has 1 heterocycles. The van der Waals surface area contributed by atoms with Gasteiger partial charge in [0.25, 0.3) is 0 Å². The SMILES string of the molecule is C=C[C@H]1CC(c2ccccc2)(c2ccccc2)CN1C(=O)OCc1ccccc1. The van der Waals surface area contributed by atoms with Gasteiger partial charge in [0.1, 0.15) is 6.61 Å². The number of hydrogen-bond donors (Lipinski definition) is 0. The van der Waals surface area contributed by atoms with Crippen molar-refractivity contribution < 1.29 is 9.53 Å². The molecular formula is C26H25NO2. The van der Waals surface area contributed by atoms with Gasteiger partial charge in [-0.1, -0.05) is 97.1 Å². The highest BCUT2D eigenvalue weighted by atomic mass is 16.6. The van der Waals surface area contributed by atoms with Gasteiger partial charge in [0.15, 0.2) is 0 Å². The van der Waals surface area contributed by atoms with Crippen LogP contribution < -0.4 is 0 Å². The molecule has 3 nitrogen and oxygen atoms in total. The van der Waals surface area contributed by atoms with E-state index in [-0.39, 0.29) is 24.2 Å². The summed E-state index contributed by atoms with van der Waals surface area (Å²) < 4.78 is 5.65. The molecule has 0 spiro atoms. The van der Waals surface area contributed by atoms with Crippen molar-refractivity contribution >= 4 is 6.09 Å². The Kier molecular flexibility index (Phi) is 5.48. The molecule has 0 aromatic heterocycles. The maximum Gasteiger partial charge on any atom is 0.410 e. The number of nitrogens with zero attached hydrogens (tertiary/aromatic N) is 1. The fourth-order valence-electron chi connectivity index (χ4n) is 4.25. The molecule has 4 rings (SSSR count). The van der Waals surface area contributed by atoms with Crippen molar-refractivity contribution in [1.82, 2.24) is 4.90 Å². The second-order valence-corrected chi connectivity index (χ2v) is 7.49. The Morgan fingerprint density at radius 1 is 0.931 bits per heavy atom. The lowest BCUT2D eigenvalue weighted by atomic mass is 9.73. The van der Waals surface area contributed by atoms with E-state index in [1.165, 1.54) is 11.1 Å². The molecule has 1 saturated heterocycles. The molecule has 0 unspecified atom stereocenters. The minimum absolute atomic E-state index is 0.0846. The van der Waals surface area contributed by atoms with Crippen LogP contribution in [-0.2, 0) is 16.8 Å². The Morgan fingerprint density at radius 2 is 1.45 bits per heavy atom. The third kappa shape index (κ3) is 3.81. The van der Waals surface area contributed by atoms with Gasteiger partial charge < -0.3 is 9.64 Å². The smallest absolute Gasteiger partial charge is 0.410 e. The molecule has 3 heteroatoms. The number of amides is 1. The Morgan fingerprint density at radius 3 is 1.97 bits per heavy atom. The van der Waals surface area contributed by atoms with Crippen molar-refractivity contribution in [1.29, 1.82) is 0 Å². The zero-order valence-corrected chi connectivity index (χ0v) is 16.4. The van der Waals surface area contributed by atoms with Crippen LogP contribution in [0, 0.1) is 0 Å². The molecule has 1 amide bonds. The van der Waals surface area contributed by atoms with E-state index in [4.69, 9.17) is 4.74 Å². The monoisotopic (exact) mass is 383 g/mol. The van der Waals surface area contributed by atoms with E-state index in [0.29, 0.717) is 6.54 Å².